The second-order valence-corrected chi connectivity index (χ2v) is 7.05. The first-order chi connectivity index (χ1) is 14.1. The average Bonchev–Trinajstić information content (AvgIpc) is 2.69. The van der Waals surface area contributed by atoms with Gasteiger partial charge in [0.15, 0.2) is 11.5 Å². The zero-order valence-corrected chi connectivity index (χ0v) is 15.1. The van der Waals surface area contributed by atoms with E-state index in [9.17, 15) is 45.6 Å². The third-order valence-corrected chi connectivity index (χ3v) is 5.23. The predicted octanol–water partition coefficient (Wildman–Crippen LogP) is -0.717. The van der Waals surface area contributed by atoms with Crippen molar-refractivity contribution in [2.24, 2.45) is 0 Å². The lowest BCUT2D eigenvalue weighted by molar-refractivity contribution is -0.232. The van der Waals surface area contributed by atoms with Crippen LogP contribution in [0.15, 0.2) is 27.4 Å². The number of phenolic OH excluding ortho intramolecular Hbond substituents is 4. The van der Waals surface area contributed by atoms with Crippen LogP contribution in [0.2, 0.25) is 0 Å². The predicted molar refractivity (Wildman–Crippen MR) is 99.4 cm³/mol. The molecule has 8 N–H and O–H groups in total. The minimum absolute atomic E-state index is 0.123. The minimum atomic E-state index is -1.81. The zero-order valence-electron chi connectivity index (χ0n) is 15.1. The Hall–Kier alpha value is -3.09. The first-order valence-electron chi connectivity index (χ1n) is 8.83. The fourth-order valence-corrected chi connectivity index (χ4v) is 3.64. The number of benzene rings is 2. The molecule has 1 aromatic heterocycles. The van der Waals surface area contributed by atoms with Gasteiger partial charge in [0.25, 0.3) is 0 Å². The van der Waals surface area contributed by atoms with Crippen LogP contribution >= 0.6 is 0 Å². The van der Waals surface area contributed by atoms with E-state index in [4.69, 9.17) is 9.15 Å². The molecule has 3 aromatic rings. The molecule has 0 aliphatic carbocycles. The highest BCUT2D eigenvalue weighted by Crippen LogP contribution is 2.45. The van der Waals surface area contributed by atoms with Crippen molar-refractivity contribution < 1.29 is 50.0 Å². The Morgan fingerprint density at radius 2 is 1.47 bits per heavy atom. The van der Waals surface area contributed by atoms with Crippen LogP contribution in [0.5, 0.6) is 23.0 Å². The molecule has 11 nitrogen and oxygen atoms in total. The van der Waals surface area contributed by atoms with Crippen molar-refractivity contribution in [3.63, 3.8) is 0 Å². The number of aliphatic hydroxyl groups is 4. The topological polar surface area (TPSA) is 201 Å². The van der Waals surface area contributed by atoms with Gasteiger partial charge in [-0.15, -0.1) is 0 Å². The van der Waals surface area contributed by atoms with Crippen molar-refractivity contribution in [2.75, 3.05) is 6.61 Å². The van der Waals surface area contributed by atoms with Gasteiger partial charge in [-0.3, -0.25) is 4.79 Å². The van der Waals surface area contributed by atoms with Crippen LogP contribution in [0, 0.1) is 0 Å². The van der Waals surface area contributed by atoms with Crippen LogP contribution in [-0.2, 0) is 4.74 Å². The first kappa shape index (κ1) is 20.2. The van der Waals surface area contributed by atoms with E-state index in [1.165, 1.54) is 0 Å². The molecule has 2 aromatic carbocycles. The standard InChI is InChI=1S/C19H18O11/c20-4-11-15(25)17(27)18(28)19(30-11)12-8(23)3-10-13(16(12)26)14(24)5-1-6(21)7(22)2-9(5)29-10/h1-3,11,15,17-23,25-28H,4H2/t11-,15-,17-,18+,19+/m1/s1. The van der Waals surface area contributed by atoms with E-state index in [0.717, 1.165) is 18.2 Å². The number of aliphatic hydroxyl groups excluding tert-OH is 4. The average molecular weight is 422 g/mol. The van der Waals surface area contributed by atoms with Crippen LogP contribution in [0.1, 0.15) is 11.7 Å². The summed E-state index contributed by atoms with van der Waals surface area (Å²) in [5.74, 6) is -2.62. The molecule has 0 spiro atoms. The van der Waals surface area contributed by atoms with E-state index in [2.05, 4.69) is 0 Å². The molecule has 0 amide bonds. The van der Waals surface area contributed by atoms with Gasteiger partial charge in [-0.2, -0.15) is 0 Å². The molecule has 1 aliphatic rings. The molecule has 0 saturated carbocycles. The van der Waals surface area contributed by atoms with Crippen LogP contribution in [0.25, 0.3) is 21.9 Å². The summed E-state index contributed by atoms with van der Waals surface area (Å²) in [6, 6.07) is 2.90. The van der Waals surface area contributed by atoms with E-state index in [1.54, 1.807) is 0 Å². The maximum Gasteiger partial charge on any atom is 0.204 e. The summed E-state index contributed by atoms with van der Waals surface area (Å²) < 4.78 is 10.8. The fourth-order valence-electron chi connectivity index (χ4n) is 3.64. The number of hydrogen-bond acceptors (Lipinski definition) is 11. The molecule has 160 valence electrons. The number of ether oxygens (including phenoxy) is 1. The Morgan fingerprint density at radius 3 is 2.13 bits per heavy atom. The summed E-state index contributed by atoms with van der Waals surface area (Å²) in [5, 5.41) is 79.4. The Balaban J connectivity index is 1.98. The second-order valence-electron chi connectivity index (χ2n) is 7.05. The molecular weight excluding hydrogens is 404 g/mol. The zero-order chi connectivity index (χ0) is 21.9. The van der Waals surface area contributed by atoms with Gasteiger partial charge in [0.05, 0.1) is 17.6 Å². The highest BCUT2D eigenvalue weighted by Gasteiger charge is 2.46. The summed E-state index contributed by atoms with van der Waals surface area (Å²) in [7, 11) is 0. The summed E-state index contributed by atoms with van der Waals surface area (Å²) in [4.78, 5) is 12.9. The van der Waals surface area contributed by atoms with Gasteiger partial charge in [-0.05, 0) is 6.07 Å². The van der Waals surface area contributed by atoms with Crippen molar-refractivity contribution in [1.82, 2.24) is 0 Å². The smallest absolute Gasteiger partial charge is 0.204 e. The van der Waals surface area contributed by atoms with Gasteiger partial charge in [0.2, 0.25) is 5.43 Å². The van der Waals surface area contributed by atoms with Crippen molar-refractivity contribution in [2.45, 2.75) is 30.5 Å². The molecule has 0 bridgehead atoms. The van der Waals surface area contributed by atoms with Gasteiger partial charge in [-0.25, -0.2) is 0 Å². The molecule has 0 unspecified atom stereocenters. The molecule has 1 saturated heterocycles. The summed E-state index contributed by atoms with van der Waals surface area (Å²) in [5.41, 5.74) is -1.66. The van der Waals surface area contributed by atoms with Crippen LogP contribution < -0.4 is 5.43 Å². The van der Waals surface area contributed by atoms with Gasteiger partial charge >= 0.3 is 0 Å². The molecule has 30 heavy (non-hydrogen) atoms. The molecule has 4 rings (SSSR count). The molecule has 1 fully saturated rings. The Morgan fingerprint density at radius 1 is 0.833 bits per heavy atom. The SMILES string of the molecule is O=c1c2cc(O)c(O)cc2oc2cc(O)c([C@@H]3O[C@H](CO)[C@@H](O)[C@@H](O)[C@@H]3O)c(O)c12. The number of aromatic hydroxyl groups is 4. The van der Waals surface area contributed by atoms with Crippen molar-refractivity contribution >= 4 is 21.9 Å². The maximum absolute atomic E-state index is 12.9. The third-order valence-electron chi connectivity index (χ3n) is 5.23. The number of fused-ring (bicyclic) bond motifs is 2. The summed E-state index contributed by atoms with van der Waals surface area (Å²) in [6.45, 7) is -0.730. The molecule has 1 aliphatic heterocycles. The lowest BCUT2D eigenvalue weighted by Crippen LogP contribution is -2.55. The Labute approximate surface area is 166 Å². The number of phenols is 4. The van der Waals surface area contributed by atoms with E-state index < -0.39 is 76.5 Å². The highest BCUT2D eigenvalue weighted by atomic mass is 16.5. The maximum atomic E-state index is 12.9. The Kier molecular flexibility index (Phi) is 4.71. The van der Waals surface area contributed by atoms with Gasteiger partial charge in [0.1, 0.15) is 58.6 Å². The molecule has 0 radical (unpaired) electrons. The quantitative estimate of drug-likeness (QED) is 0.191. The van der Waals surface area contributed by atoms with Crippen LogP contribution in [0.4, 0.5) is 0 Å². The third kappa shape index (κ3) is 2.83. The lowest BCUT2D eigenvalue weighted by atomic mass is 9.89. The van der Waals surface area contributed by atoms with Crippen molar-refractivity contribution in [3.8, 4) is 23.0 Å². The molecule has 2 heterocycles. The van der Waals surface area contributed by atoms with Crippen molar-refractivity contribution in [3.05, 3.63) is 34.0 Å². The van der Waals surface area contributed by atoms with Crippen LogP contribution in [-0.4, -0.2) is 71.9 Å². The van der Waals surface area contributed by atoms with Gasteiger partial charge < -0.3 is 50.0 Å². The van der Waals surface area contributed by atoms with Gasteiger partial charge in [0, 0.05) is 12.1 Å². The summed E-state index contributed by atoms with van der Waals surface area (Å²) in [6.07, 6.45) is -8.16. The van der Waals surface area contributed by atoms with E-state index in [-0.39, 0.29) is 16.6 Å². The molecule has 11 heteroatoms. The van der Waals surface area contributed by atoms with Gasteiger partial charge in [-0.1, -0.05) is 0 Å². The second kappa shape index (κ2) is 7.00. The Bertz CT molecular complexity index is 1200. The normalized spacial score (nSPS) is 27.0. The van der Waals surface area contributed by atoms with E-state index in [0.29, 0.717) is 0 Å². The minimum Gasteiger partial charge on any atom is -0.507 e. The van der Waals surface area contributed by atoms with E-state index >= 15 is 0 Å². The lowest BCUT2D eigenvalue weighted by Gasteiger charge is -2.40. The molecule has 5 atom stereocenters. The highest BCUT2D eigenvalue weighted by molar-refractivity contribution is 5.96. The number of hydrogen-bond donors (Lipinski definition) is 8. The number of rotatable bonds is 2. The van der Waals surface area contributed by atoms with Crippen molar-refractivity contribution in [1.29, 1.82) is 0 Å². The fraction of sp³-hybridized carbons (Fsp3) is 0.316. The first-order valence-corrected chi connectivity index (χ1v) is 8.83. The van der Waals surface area contributed by atoms with Crippen LogP contribution in [0.3, 0.4) is 0 Å². The largest absolute Gasteiger partial charge is 0.507 e. The van der Waals surface area contributed by atoms with E-state index in [1.807, 2.05) is 0 Å². The monoisotopic (exact) mass is 422 g/mol. The summed E-state index contributed by atoms with van der Waals surface area (Å²) >= 11 is 0. The molecular formula is C19H18O11.